The summed E-state index contributed by atoms with van der Waals surface area (Å²) in [5.74, 6) is 1.11. The van der Waals surface area contributed by atoms with Crippen LogP contribution in [0.2, 0.25) is 0 Å². The molecular formula is C15H26N4O4. The van der Waals surface area contributed by atoms with Crippen molar-refractivity contribution in [2.75, 3.05) is 60.0 Å². The summed E-state index contributed by atoms with van der Waals surface area (Å²) < 4.78 is 21.8. The molecule has 1 fully saturated rings. The highest BCUT2D eigenvalue weighted by Crippen LogP contribution is 2.21. The van der Waals surface area contributed by atoms with E-state index >= 15 is 0 Å². The van der Waals surface area contributed by atoms with Gasteiger partial charge < -0.3 is 29.2 Å². The van der Waals surface area contributed by atoms with Crippen LogP contribution in [0.1, 0.15) is 6.42 Å². The van der Waals surface area contributed by atoms with Crippen LogP contribution in [0.3, 0.4) is 0 Å². The van der Waals surface area contributed by atoms with Gasteiger partial charge in [0.05, 0.1) is 33.5 Å². The van der Waals surface area contributed by atoms with E-state index in [0.717, 1.165) is 13.0 Å². The molecule has 0 bridgehead atoms. The van der Waals surface area contributed by atoms with Crippen molar-refractivity contribution in [3.63, 3.8) is 0 Å². The Labute approximate surface area is 137 Å². The van der Waals surface area contributed by atoms with E-state index < -0.39 is 0 Å². The van der Waals surface area contributed by atoms with E-state index in [1.807, 2.05) is 14.1 Å². The molecule has 1 aromatic heterocycles. The standard InChI is InChI=1S/C15H26N4O4/c1-19(2)6-8-23-12-10-22-7-5-11(12)16-13-9-14(20-3)18-15(17-13)21-4/h9,11-12H,5-8,10H2,1-4H3,(H,16,17,18)/t11-,12-/m0/s1. The van der Waals surface area contributed by atoms with Crippen molar-refractivity contribution in [1.29, 1.82) is 0 Å². The van der Waals surface area contributed by atoms with Crippen molar-refractivity contribution < 1.29 is 18.9 Å². The van der Waals surface area contributed by atoms with Crippen molar-refractivity contribution in [2.24, 2.45) is 0 Å². The van der Waals surface area contributed by atoms with Crippen LogP contribution < -0.4 is 14.8 Å². The molecule has 0 radical (unpaired) electrons. The van der Waals surface area contributed by atoms with Crippen molar-refractivity contribution in [2.45, 2.75) is 18.6 Å². The highest BCUT2D eigenvalue weighted by atomic mass is 16.5. The van der Waals surface area contributed by atoms with Crippen LogP contribution in [0, 0.1) is 0 Å². The Morgan fingerprint density at radius 1 is 1.30 bits per heavy atom. The summed E-state index contributed by atoms with van der Waals surface area (Å²) in [4.78, 5) is 10.5. The van der Waals surface area contributed by atoms with Gasteiger partial charge in [0.25, 0.3) is 0 Å². The normalized spacial score (nSPS) is 21.3. The van der Waals surface area contributed by atoms with Crippen molar-refractivity contribution in [3.8, 4) is 11.9 Å². The Morgan fingerprint density at radius 2 is 2.13 bits per heavy atom. The van der Waals surface area contributed by atoms with Crippen LogP contribution in [0.4, 0.5) is 5.82 Å². The van der Waals surface area contributed by atoms with Crippen LogP contribution in [-0.2, 0) is 9.47 Å². The second kappa shape index (κ2) is 8.85. The van der Waals surface area contributed by atoms with Gasteiger partial charge in [-0.25, -0.2) is 0 Å². The van der Waals surface area contributed by atoms with E-state index in [9.17, 15) is 0 Å². The van der Waals surface area contributed by atoms with E-state index in [2.05, 4.69) is 20.2 Å². The summed E-state index contributed by atoms with van der Waals surface area (Å²) in [5.41, 5.74) is 0. The van der Waals surface area contributed by atoms with E-state index in [1.54, 1.807) is 13.2 Å². The molecule has 1 aliphatic rings. The Kier molecular flexibility index (Phi) is 6.82. The van der Waals surface area contributed by atoms with E-state index in [0.29, 0.717) is 31.5 Å². The molecule has 1 N–H and O–H groups in total. The van der Waals surface area contributed by atoms with Crippen LogP contribution in [-0.4, -0.2) is 81.7 Å². The van der Waals surface area contributed by atoms with Crippen LogP contribution in [0.5, 0.6) is 11.9 Å². The second-order valence-electron chi connectivity index (χ2n) is 5.61. The minimum absolute atomic E-state index is 0.0179. The number of methoxy groups -OCH3 is 2. The predicted molar refractivity (Wildman–Crippen MR) is 86.3 cm³/mol. The highest BCUT2D eigenvalue weighted by Gasteiger charge is 2.27. The molecule has 8 heteroatoms. The first-order valence-corrected chi connectivity index (χ1v) is 7.70. The van der Waals surface area contributed by atoms with Gasteiger partial charge in [0.1, 0.15) is 11.9 Å². The molecular weight excluding hydrogens is 300 g/mol. The van der Waals surface area contributed by atoms with Gasteiger partial charge in [-0.2, -0.15) is 9.97 Å². The van der Waals surface area contributed by atoms with Gasteiger partial charge in [0.15, 0.2) is 0 Å². The molecule has 0 aliphatic carbocycles. The molecule has 1 saturated heterocycles. The van der Waals surface area contributed by atoms with Crippen LogP contribution >= 0.6 is 0 Å². The lowest BCUT2D eigenvalue weighted by Crippen LogP contribution is -2.44. The Balaban J connectivity index is 2.00. The number of ether oxygens (including phenoxy) is 4. The molecule has 2 rings (SSSR count). The first-order valence-electron chi connectivity index (χ1n) is 7.70. The molecule has 0 saturated carbocycles. The van der Waals surface area contributed by atoms with Gasteiger partial charge in [-0.15, -0.1) is 0 Å². The minimum Gasteiger partial charge on any atom is -0.481 e. The lowest BCUT2D eigenvalue weighted by Gasteiger charge is -2.32. The maximum Gasteiger partial charge on any atom is 0.321 e. The molecule has 1 aliphatic heterocycles. The number of rotatable bonds is 8. The molecule has 8 nitrogen and oxygen atoms in total. The fourth-order valence-corrected chi connectivity index (χ4v) is 2.29. The zero-order valence-corrected chi connectivity index (χ0v) is 14.2. The average molecular weight is 326 g/mol. The monoisotopic (exact) mass is 326 g/mol. The number of aromatic nitrogens is 2. The summed E-state index contributed by atoms with van der Waals surface area (Å²) in [6.07, 6.45) is 0.831. The number of nitrogens with one attached hydrogen (secondary N) is 1. The maximum atomic E-state index is 5.96. The fraction of sp³-hybridized carbons (Fsp3) is 0.733. The Bertz CT molecular complexity index is 464. The topological polar surface area (TPSA) is 78.0 Å². The van der Waals surface area contributed by atoms with Crippen LogP contribution in [0.25, 0.3) is 0 Å². The second-order valence-corrected chi connectivity index (χ2v) is 5.61. The van der Waals surface area contributed by atoms with Gasteiger partial charge in [0, 0.05) is 19.2 Å². The lowest BCUT2D eigenvalue weighted by atomic mass is 10.1. The van der Waals surface area contributed by atoms with E-state index in [1.165, 1.54) is 7.11 Å². The SMILES string of the molecule is COc1cc(N[C@H]2CCOC[C@@H]2OCCN(C)C)nc(OC)n1. The summed E-state index contributed by atoms with van der Waals surface area (Å²) >= 11 is 0. The first-order chi connectivity index (χ1) is 11.1. The van der Waals surface area contributed by atoms with E-state index in [-0.39, 0.29) is 18.2 Å². The first kappa shape index (κ1) is 17.7. The summed E-state index contributed by atoms with van der Waals surface area (Å²) in [6, 6.07) is 2.13. The van der Waals surface area contributed by atoms with Gasteiger partial charge in [-0.3, -0.25) is 0 Å². The quantitative estimate of drug-likeness (QED) is 0.746. The van der Waals surface area contributed by atoms with Gasteiger partial charge in [-0.1, -0.05) is 0 Å². The zero-order valence-electron chi connectivity index (χ0n) is 14.2. The molecule has 23 heavy (non-hydrogen) atoms. The molecule has 130 valence electrons. The molecule has 2 atom stereocenters. The van der Waals surface area contributed by atoms with Crippen molar-refractivity contribution >= 4 is 5.82 Å². The summed E-state index contributed by atoms with van der Waals surface area (Å²) in [6.45, 7) is 2.81. The smallest absolute Gasteiger partial charge is 0.321 e. The number of likely N-dealkylation sites (N-methyl/N-ethyl adjacent to an activating group) is 1. The molecule has 0 amide bonds. The van der Waals surface area contributed by atoms with Crippen molar-refractivity contribution in [3.05, 3.63) is 6.07 Å². The van der Waals surface area contributed by atoms with Crippen molar-refractivity contribution in [1.82, 2.24) is 14.9 Å². The van der Waals surface area contributed by atoms with Gasteiger partial charge >= 0.3 is 6.01 Å². The Morgan fingerprint density at radius 3 is 2.83 bits per heavy atom. The average Bonchev–Trinajstić information content (AvgIpc) is 2.55. The number of anilines is 1. The lowest BCUT2D eigenvalue weighted by molar-refractivity contribution is -0.0592. The number of nitrogens with zero attached hydrogens (tertiary/aromatic N) is 3. The molecule has 0 aromatic carbocycles. The van der Waals surface area contributed by atoms with Gasteiger partial charge in [0.2, 0.25) is 5.88 Å². The number of hydrogen-bond acceptors (Lipinski definition) is 8. The predicted octanol–water partition coefficient (Wildman–Crippen LogP) is 0.641. The molecule has 2 heterocycles. The maximum absolute atomic E-state index is 5.96. The Hall–Kier alpha value is -1.64. The van der Waals surface area contributed by atoms with Crippen LogP contribution in [0.15, 0.2) is 6.07 Å². The third-order valence-electron chi connectivity index (χ3n) is 3.58. The zero-order chi connectivity index (χ0) is 16.7. The largest absolute Gasteiger partial charge is 0.481 e. The molecule has 1 aromatic rings. The molecule has 0 unspecified atom stereocenters. The minimum atomic E-state index is -0.0179. The number of hydrogen-bond donors (Lipinski definition) is 1. The van der Waals surface area contributed by atoms with Gasteiger partial charge in [-0.05, 0) is 20.5 Å². The fourth-order valence-electron chi connectivity index (χ4n) is 2.29. The highest BCUT2D eigenvalue weighted by molar-refractivity contribution is 5.41. The third-order valence-corrected chi connectivity index (χ3v) is 3.58. The summed E-state index contributed by atoms with van der Waals surface area (Å²) in [5, 5.41) is 3.39. The molecule has 0 spiro atoms. The third kappa shape index (κ3) is 5.49. The summed E-state index contributed by atoms with van der Waals surface area (Å²) in [7, 11) is 7.14. The van der Waals surface area contributed by atoms with E-state index in [4.69, 9.17) is 18.9 Å².